The molecule has 2 amide bonds. The van der Waals surface area contributed by atoms with Gasteiger partial charge in [0.25, 0.3) is 5.56 Å². The third kappa shape index (κ3) is 5.41. The topological polar surface area (TPSA) is 65.2 Å². The van der Waals surface area contributed by atoms with Crippen molar-refractivity contribution < 1.29 is 9.18 Å². The van der Waals surface area contributed by atoms with Gasteiger partial charge >= 0.3 is 6.03 Å². The van der Waals surface area contributed by atoms with E-state index in [1.54, 1.807) is 12.1 Å². The first kappa shape index (κ1) is 22.6. The Hall–Kier alpha value is -3.64. The summed E-state index contributed by atoms with van der Waals surface area (Å²) in [4.78, 5) is 30.4. The molecule has 0 bridgehead atoms. The minimum atomic E-state index is -0.406. The fraction of sp³-hybridized carbons (Fsp3) is 0.154. The summed E-state index contributed by atoms with van der Waals surface area (Å²) in [5, 5.41) is 4.30. The number of nitrogens with zero attached hydrogens (tertiary/aromatic N) is 1. The summed E-state index contributed by atoms with van der Waals surface area (Å²) >= 11 is 5.99. The number of urea groups is 1. The molecule has 0 spiro atoms. The third-order valence-electron chi connectivity index (χ3n) is 5.42. The monoisotopic (exact) mass is 463 g/mol. The van der Waals surface area contributed by atoms with Crippen LogP contribution in [0.5, 0.6) is 0 Å². The van der Waals surface area contributed by atoms with E-state index in [4.69, 9.17) is 11.6 Å². The molecule has 0 radical (unpaired) electrons. The number of fused-ring (bicyclic) bond motifs is 1. The highest BCUT2D eigenvalue weighted by Crippen LogP contribution is 2.20. The van der Waals surface area contributed by atoms with Crippen molar-refractivity contribution >= 4 is 34.2 Å². The van der Waals surface area contributed by atoms with Crippen molar-refractivity contribution in [3.8, 4) is 0 Å². The lowest BCUT2D eigenvalue weighted by atomic mass is 10.0. The van der Waals surface area contributed by atoms with E-state index < -0.39 is 6.03 Å². The molecule has 7 heteroatoms. The van der Waals surface area contributed by atoms with E-state index in [-0.39, 0.29) is 24.5 Å². The molecule has 33 heavy (non-hydrogen) atoms. The zero-order chi connectivity index (χ0) is 23.5. The van der Waals surface area contributed by atoms with Gasteiger partial charge in [0, 0.05) is 33.7 Å². The van der Waals surface area contributed by atoms with Gasteiger partial charge in [0.05, 0.1) is 6.54 Å². The van der Waals surface area contributed by atoms with Gasteiger partial charge in [-0.15, -0.1) is 0 Å². The van der Waals surface area contributed by atoms with Crippen molar-refractivity contribution in [2.75, 3.05) is 5.32 Å². The van der Waals surface area contributed by atoms with E-state index in [9.17, 15) is 14.0 Å². The van der Waals surface area contributed by atoms with Crippen molar-refractivity contribution in [1.82, 2.24) is 9.88 Å². The second-order valence-electron chi connectivity index (χ2n) is 8.09. The van der Waals surface area contributed by atoms with E-state index in [0.717, 1.165) is 27.6 Å². The summed E-state index contributed by atoms with van der Waals surface area (Å²) in [6.07, 6.45) is 0. The summed E-state index contributed by atoms with van der Waals surface area (Å²) in [7, 11) is 0. The lowest BCUT2D eigenvalue weighted by Crippen LogP contribution is -2.35. The fourth-order valence-corrected chi connectivity index (χ4v) is 3.91. The maximum absolute atomic E-state index is 13.2. The Morgan fingerprint density at radius 1 is 1.00 bits per heavy atom. The molecule has 0 fully saturated rings. The van der Waals surface area contributed by atoms with Gasteiger partial charge in [-0.3, -0.25) is 4.79 Å². The molecule has 4 rings (SSSR count). The van der Waals surface area contributed by atoms with Crippen molar-refractivity contribution in [2.45, 2.75) is 26.9 Å². The minimum Gasteiger partial charge on any atom is -0.322 e. The number of carbonyl (C=O) groups is 1. The zero-order valence-corrected chi connectivity index (χ0v) is 19.0. The molecular weight excluding hydrogens is 441 g/mol. The third-order valence-corrected chi connectivity index (χ3v) is 5.67. The van der Waals surface area contributed by atoms with E-state index in [0.29, 0.717) is 16.3 Å². The van der Waals surface area contributed by atoms with E-state index in [1.807, 2.05) is 38.1 Å². The van der Waals surface area contributed by atoms with E-state index in [2.05, 4.69) is 16.4 Å². The molecule has 1 aromatic heterocycles. The number of aromatic amines is 1. The number of nitrogens with one attached hydrogen (secondary N) is 2. The van der Waals surface area contributed by atoms with Crippen LogP contribution in [0.4, 0.5) is 14.9 Å². The number of aryl methyl sites for hydroxylation is 2. The minimum absolute atomic E-state index is 0.0915. The summed E-state index contributed by atoms with van der Waals surface area (Å²) in [6.45, 7) is 4.32. The maximum atomic E-state index is 13.2. The Morgan fingerprint density at radius 3 is 2.39 bits per heavy atom. The Bertz CT molecular complexity index is 1370. The predicted octanol–water partition coefficient (Wildman–Crippen LogP) is 6.17. The van der Waals surface area contributed by atoms with Crippen LogP contribution in [0.2, 0.25) is 5.02 Å². The Labute approximate surface area is 195 Å². The van der Waals surface area contributed by atoms with Gasteiger partial charge in [-0.25, -0.2) is 9.18 Å². The number of pyridine rings is 1. The largest absolute Gasteiger partial charge is 0.322 e. The summed E-state index contributed by atoms with van der Waals surface area (Å²) < 4.78 is 13.2. The van der Waals surface area contributed by atoms with Gasteiger partial charge in [-0.2, -0.15) is 0 Å². The number of aromatic nitrogens is 1. The Morgan fingerprint density at radius 2 is 1.70 bits per heavy atom. The number of rotatable bonds is 5. The van der Waals surface area contributed by atoms with Crippen LogP contribution in [0.1, 0.15) is 22.3 Å². The molecule has 0 aliphatic rings. The van der Waals surface area contributed by atoms with Gasteiger partial charge in [0.15, 0.2) is 0 Å². The van der Waals surface area contributed by atoms with E-state index in [1.165, 1.54) is 29.2 Å². The first-order valence-corrected chi connectivity index (χ1v) is 10.9. The second kappa shape index (κ2) is 9.46. The molecule has 1 heterocycles. The molecular formula is C26H23ClFN3O2. The number of benzene rings is 3. The normalized spacial score (nSPS) is 10.9. The predicted molar refractivity (Wildman–Crippen MR) is 130 cm³/mol. The average molecular weight is 464 g/mol. The number of H-pyrrole nitrogens is 1. The van der Waals surface area contributed by atoms with Crippen LogP contribution in [0, 0.1) is 19.7 Å². The number of amides is 2. The molecule has 2 N–H and O–H groups in total. The van der Waals surface area contributed by atoms with Crippen LogP contribution < -0.4 is 10.9 Å². The molecule has 3 aromatic carbocycles. The molecule has 0 aliphatic carbocycles. The number of halogens is 2. The highest BCUT2D eigenvalue weighted by Gasteiger charge is 2.18. The summed E-state index contributed by atoms with van der Waals surface area (Å²) in [5.74, 6) is -0.390. The SMILES string of the molecule is Cc1cc(C)c2cc(CN(Cc3ccc(Cl)cc3)C(=O)Nc3ccc(F)cc3)c(=O)[nH]c2c1. The summed E-state index contributed by atoms with van der Waals surface area (Å²) in [6, 6.07) is 18.1. The maximum Gasteiger partial charge on any atom is 0.322 e. The van der Waals surface area contributed by atoms with Crippen molar-refractivity contribution in [3.05, 3.63) is 110 Å². The summed E-state index contributed by atoms with van der Waals surface area (Å²) in [5.41, 5.74) is 4.41. The van der Waals surface area contributed by atoms with E-state index >= 15 is 0 Å². The molecule has 168 valence electrons. The van der Waals surface area contributed by atoms with Crippen LogP contribution in [-0.4, -0.2) is 15.9 Å². The first-order chi connectivity index (χ1) is 15.8. The van der Waals surface area contributed by atoms with Crippen LogP contribution in [0.25, 0.3) is 10.9 Å². The molecule has 0 saturated heterocycles. The van der Waals surface area contributed by atoms with Gasteiger partial charge in [0.2, 0.25) is 0 Å². The quantitative estimate of drug-likeness (QED) is 0.371. The second-order valence-corrected chi connectivity index (χ2v) is 8.52. The lowest BCUT2D eigenvalue weighted by Gasteiger charge is -2.23. The van der Waals surface area contributed by atoms with Gasteiger partial charge in [-0.1, -0.05) is 29.8 Å². The highest BCUT2D eigenvalue weighted by molar-refractivity contribution is 6.30. The first-order valence-electron chi connectivity index (χ1n) is 10.5. The van der Waals surface area contributed by atoms with Crippen molar-refractivity contribution in [1.29, 1.82) is 0 Å². The zero-order valence-electron chi connectivity index (χ0n) is 18.3. The molecule has 0 unspecified atom stereocenters. The van der Waals surface area contributed by atoms with Gasteiger partial charge < -0.3 is 15.2 Å². The fourth-order valence-electron chi connectivity index (χ4n) is 3.78. The highest BCUT2D eigenvalue weighted by atomic mass is 35.5. The number of hydrogen-bond donors (Lipinski definition) is 2. The Balaban J connectivity index is 1.67. The smallest absolute Gasteiger partial charge is 0.322 e. The lowest BCUT2D eigenvalue weighted by molar-refractivity contribution is 0.206. The molecule has 0 aliphatic heterocycles. The average Bonchev–Trinajstić information content (AvgIpc) is 2.77. The van der Waals surface area contributed by atoms with Crippen LogP contribution in [-0.2, 0) is 13.1 Å². The standard InChI is InChI=1S/C26H23ClFN3O2/c1-16-11-17(2)23-13-19(25(32)30-24(23)12-16)15-31(14-18-3-5-20(27)6-4-18)26(33)29-22-9-7-21(28)8-10-22/h3-13H,14-15H2,1-2H3,(H,29,33)(H,30,32). The van der Waals surface area contributed by atoms with Crippen molar-refractivity contribution in [3.63, 3.8) is 0 Å². The van der Waals surface area contributed by atoms with Crippen molar-refractivity contribution in [2.24, 2.45) is 0 Å². The Kier molecular flexibility index (Phi) is 6.47. The van der Waals surface area contributed by atoms with Gasteiger partial charge in [-0.05, 0) is 79.1 Å². The molecule has 0 saturated carbocycles. The molecule has 0 atom stereocenters. The molecule has 4 aromatic rings. The number of hydrogen-bond acceptors (Lipinski definition) is 2. The number of anilines is 1. The van der Waals surface area contributed by atoms with Crippen LogP contribution >= 0.6 is 11.6 Å². The van der Waals surface area contributed by atoms with Crippen LogP contribution in [0.3, 0.4) is 0 Å². The molecule has 5 nitrogen and oxygen atoms in total. The number of carbonyl (C=O) groups excluding carboxylic acids is 1. The van der Waals surface area contributed by atoms with Crippen LogP contribution in [0.15, 0.2) is 71.5 Å². The van der Waals surface area contributed by atoms with Gasteiger partial charge in [0.1, 0.15) is 5.82 Å².